The van der Waals surface area contributed by atoms with Gasteiger partial charge in [0.1, 0.15) is 5.75 Å². The normalized spacial score (nSPS) is 13.9. The van der Waals surface area contributed by atoms with Crippen LogP contribution in [0.4, 0.5) is 0 Å². The predicted octanol–water partition coefficient (Wildman–Crippen LogP) is 6.30. The molecule has 1 aromatic carbocycles. The number of ether oxygens (including phenoxy) is 2. The van der Waals surface area contributed by atoms with Gasteiger partial charge in [-0.05, 0) is 52.1 Å². The monoisotopic (exact) mass is 507 g/mol. The third-order valence-corrected chi connectivity index (χ3v) is 6.28. The summed E-state index contributed by atoms with van der Waals surface area (Å²) >= 11 is 0. The maximum absolute atomic E-state index is 13.2. The number of esters is 1. The van der Waals surface area contributed by atoms with E-state index in [2.05, 4.69) is 20.5 Å². The number of halogens is 2. The third kappa shape index (κ3) is 5.51. The number of carbonyl (C=O) groups excluding carboxylic acids is 1. The second-order valence-corrected chi connectivity index (χ2v) is 8.75. The van der Waals surface area contributed by atoms with Gasteiger partial charge in [-0.25, -0.2) is 4.79 Å². The van der Waals surface area contributed by atoms with Crippen molar-refractivity contribution in [1.29, 1.82) is 0 Å². The predicted molar refractivity (Wildman–Crippen MR) is 142 cm³/mol. The highest BCUT2D eigenvalue weighted by Crippen LogP contribution is 2.41. The first-order chi connectivity index (χ1) is 15.5. The fourth-order valence-electron chi connectivity index (χ4n) is 4.95. The summed E-state index contributed by atoms with van der Waals surface area (Å²) < 4.78 is 13.7. The number of pyridine rings is 1. The number of aromatic nitrogens is 2. The number of benzene rings is 1. The van der Waals surface area contributed by atoms with Crippen LogP contribution in [0.2, 0.25) is 0 Å². The fourth-order valence-corrected chi connectivity index (χ4v) is 4.95. The molecule has 0 radical (unpaired) electrons. The van der Waals surface area contributed by atoms with E-state index in [1.165, 1.54) is 19.3 Å². The van der Waals surface area contributed by atoms with Crippen LogP contribution >= 0.6 is 24.8 Å². The van der Waals surface area contributed by atoms with E-state index in [0.717, 1.165) is 46.3 Å². The minimum atomic E-state index is -0.264. The maximum atomic E-state index is 13.2. The molecule has 6 nitrogen and oxygen atoms in total. The highest BCUT2D eigenvalue weighted by molar-refractivity contribution is 6.07. The highest BCUT2D eigenvalue weighted by Gasteiger charge is 2.29. The number of hydrogen-bond donors (Lipinski definition) is 0. The number of nitrogens with zero attached hydrogens (tertiary/aromatic N) is 3. The molecule has 34 heavy (non-hydrogen) atoms. The van der Waals surface area contributed by atoms with Crippen molar-refractivity contribution in [2.45, 2.75) is 51.6 Å². The van der Waals surface area contributed by atoms with Gasteiger partial charge in [0.2, 0.25) is 0 Å². The van der Waals surface area contributed by atoms with Gasteiger partial charge in [0, 0.05) is 47.2 Å². The van der Waals surface area contributed by atoms with Crippen LogP contribution in [0.1, 0.15) is 61.1 Å². The molecule has 2 heterocycles. The van der Waals surface area contributed by atoms with Crippen LogP contribution < -0.4 is 4.74 Å². The van der Waals surface area contributed by atoms with Gasteiger partial charge in [-0.1, -0.05) is 25.3 Å². The summed E-state index contributed by atoms with van der Waals surface area (Å²) in [5.74, 6) is 0.466. The first-order valence-corrected chi connectivity index (χ1v) is 11.5. The Morgan fingerprint density at radius 3 is 2.50 bits per heavy atom. The molecule has 1 saturated carbocycles. The molecule has 0 aliphatic heterocycles. The Balaban J connectivity index is 0.00000204. The van der Waals surface area contributed by atoms with Crippen molar-refractivity contribution in [3.63, 3.8) is 0 Å². The molecule has 8 heteroatoms. The first-order valence-electron chi connectivity index (χ1n) is 11.5. The minimum absolute atomic E-state index is 0. The zero-order chi connectivity index (χ0) is 22.7. The van der Waals surface area contributed by atoms with Crippen molar-refractivity contribution < 1.29 is 14.3 Å². The summed E-state index contributed by atoms with van der Waals surface area (Å²) in [5, 5.41) is 0.898. The molecule has 1 aliphatic carbocycles. The topological polar surface area (TPSA) is 56.6 Å². The summed E-state index contributed by atoms with van der Waals surface area (Å²) in [6, 6.07) is 8.52. The number of carbonyl (C=O) groups is 1. The molecule has 0 bridgehead atoms. The molecule has 4 rings (SSSR count). The Morgan fingerprint density at radius 2 is 1.91 bits per heavy atom. The minimum Gasteiger partial charge on any atom is -0.496 e. The Morgan fingerprint density at radius 1 is 1.18 bits per heavy atom. The van der Waals surface area contributed by atoms with E-state index < -0.39 is 0 Å². The van der Waals surface area contributed by atoms with Gasteiger partial charge in [-0.15, -0.1) is 24.8 Å². The SMILES string of the molecule is CCOC(=O)c1c(CN(C)C)n(C2CCCCC2)c2cc(-c3cccnc3)c(OC)cc12.Cl.Cl. The van der Waals surface area contributed by atoms with E-state index in [1.54, 1.807) is 13.3 Å². The Labute approximate surface area is 214 Å². The van der Waals surface area contributed by atoms with Gasteiger partial charge in [0.25, 0.3) is 0 Å². The number of methoxy groups -OCH3 is 1. The largest absolute Gasteiger partial charge is 0.496 e. The Bertz CT molecular complexity index is 1090. The van der Waals surface area contributed by atoms with Gasteiger partial charge in [-0.3, -0.25) is 4.98 Å². The van der Waals surface area contributed by atoms with Crippen LogP contribution in [0.3, 0.4) is 0 Å². The van der Waals surface area contributed by atoms with E-state index in [0.29, 0.717) is 24.8 Å². The molecule has 2 aromatic heterocycles. The smallest absolute Gasteiger partial charge is 0.340 e. The lowest BCUT2D eigenvalue weighted by Crippen LogP contribution is -2.21. The van der Waals surface area contributed by atoms with Crippen LogP contribution in [0, 0.1) is 0 Å². The van der Waals surface area contributed by atoms with Crippen molar-refractivity contribution in [3.8, 4) is 16.9 Å². The summed E-state index contributed by atoms with van der Waals surface area (Å²) in [6.07, 6.45) is 9.58. The molecule has 0 unspecified atom stereocenters. The van der Waals surface area contributed by atoms with Crippen LogP contribution in [-0.4, -0.2) is 48.2 Å². The van der Waals surface area contributed by atoms with Gasteiger partial charge in [0.05, 0.1) is 24.8 Å². The molecule has 186 valence electrons. The average molecular weight is 508 g/mol. The second-order valence-electron chi connectivity index (χ2n) is 8.75. The second kappa shape index (κ2) is 12.4. The molecule has 1 fully saturated rings. The maximum Gasteiger partial charge on any atom is 0.340 e. The van der Waals surface area contributed by atoms with E-state index in [-0.39, 0.29) is 30.8 Å². The quantitative estimate of drug-likeness (QED) is 0.351. The summed E-state index contributed by atoms with van der Waals surface area (Å²) in [7, 11) is 5.75. The van der Waals surface area contributed by atoms with Crippen molar-refractivity contribution in [2.24, 2.45) is 0 Å². The third-order valence-electron chi connectivity index (χ3n) is 6.28. The van der Waals surface area contributed by atoms with Crippen LogP contribution in [0.5, 0.6) is 5.75 Å². The molecule has 3 aromatic rings. The van der Waals surface area contributed by atoms with Crippen molar-refractivity contribution in [2.75, 3.05) is 27.8 Å². The van der Waals surface area contributed by atoms with Crippen molar-refractivity contribution in [1.82, 2.24) is 14.5 Å². The lowest BCUT2D eigenvalue weighted by molar-refractivity contribution is 0.0526. The Hall–Kier alpha value is -2.28. The molecule has 0 amide bonds. The molecular weight excluding hydrogens is 473 g/mol. The molecule has 0 N–H and O–H groups in total. The lowest BCUT2D eigenvalue weighted by atomic mass is 9.95. The zero-order valence-electron chi connectivity index (χ0n) is 20.4. The lowest BCUT2D eigenvalue weighted by Gasteiger charge is -2.27. The standard InChI is InChI=1S/C26H33N3O3.2ClH/c1-5-32-26(30)25-21-15-24(31-4)20(18-10-9-13-27-16-18)14-22(21)29(23(25)17-28(2)3)19-11-7-6-8-12-19;;/h9-10,13-16,19H,5-8,11-12,17H2,1-4H3;2*1H. The van der Waals surface area contributed by atoms with Crippen LogP contribution in [0.15, 0.2) is 36.7 Å². The summed E-state index contributed by atoms with van der Waals surface area (Å²) in [5.41, 5.74) is 4.73. The van der Waals surface area contributed by atoms with Gasteiger partial charge in [-0.2, -0.15) is 0 Å². The zero-order valence-corrected chi connectivity index (χ0v) is 22.0. The van der Waals surface area contributed by atoms with Crippen molar-refractivity contribution in [3.05, 3.63) is 47.9 Å². The Kier molecular flexibility index (Phi) is 10.2. The number of hydrogen-bond acceptors (Lipinski definition) is 5. The van der Waals surface area contributed by atoms with Crippen molar-refractivity contribution >= 4 is 41.7 Å². The molecule has 0 saturated heterocycles. The van der Waals surface area contributed by atoms with Crippen LogP contribution in [-0.2, 0) is 11.3 Å². The van der Waals surface area contributed by atoms with Gasteiger partial charge >= 0.3 is 5.97 Å². The summed E-state index contributed by atoms with van der Waals surface area (Å²) in [4.78, 5) is 19.6. The fraction of sp³-hybridized carbons (Fsp3) is 0.462. The molecular formula is C26H35Cl2N3O3. The molecule has 0 atom stereocenters. The van der Waals surface area contributed by atoms with E-state index >= 15 is 0 Å². The van der Waals surface area contributed by atoms with Gasteiger partial charge < -0.3 is 18.9 Å². The first kappa shape index (κ1) is 28.0. The average Bonchev–Trinajstić information content (AvgIpc) is 3.11. The molecule has 1 aliphatic rings. The highest BCUT2D eigenvalue weighted by atomic mass is 35.5. The number of rotatable bonds is 7. The molecule has 0 spiro atoms. The van der Waals surface area contributed by atoms with E-state index in [1.807, 2.05) is 45.4 Å². The van der Waals surface area contributed by atoms with Crippen LogP contribution in [0.25, 0.3) is 22.0 Å². The number of fused-ring (bicyclic) bond motifs is 1. The van der Waals surface area contributed by atoms with E-state index in [9.17, 15) is 4.79 Å². The summed E-state index contributed by atoms with van der Waals surface area (Å²) in [6.45, 7) is 2.87. The van der Waals surface area contributed by atoms with E-state index in [4.69, 9.17) is 9.47 Å². The van der Waals surface area contributed by atoms with Gasteiger partial charge in [0.15, 0.2) is 0 Å².